The van der Waals surface area contributed by atoms with E-state index in [-0.39, 0.29) is 11.7 Å². The zero-order valence-corrected chi connectivity index (χ0v) is 13.9. The van der Waals surface area contributed by atoms with Gasteiger partial charge in [0.1, 0.15) is 4.75 Å². The molecule has 2 aliphatic rings. The lowest BCUT2D eigenvalue weighted by Gasteiger charge is -2.50. The fraction of sp³-hybridized carbons (Fsp3) is 0.625. The number of halogens is 2. The first-order chi connectivity index (χ1) is 10.9. The number of rotatable bonds is 5. The summed E-state index contributed by atoms with van der Waals surface area (Å²) in [5, 5.41) is 0. The largest absolute Gasteiger partial charge is 0.381 e. The molecule has 128 valence electrons. The molecule has 0 aliphatic carbocycles. The van der Waals surface area contributed by atoms with Gasteiger partial charge in [0.15, 0.2) is 21.5 Å². The van der Waals surface area contributed by atoms with E-state index in [1.165, 1.54) is 12.1 Å². The molecule has 1 aromatic carbocycles. The molecule has 1 unspecified atom stereocenters. The fourth-order valence-corrected chi connectivity index (χ4v) is 6.14. The lowest BCUT2D eigenvalue weighted by atomic mass is 9.83. The quantitative estimate of drug-likeness (QED) is 0.819. The standard InChI is InChI=1S/C16H21F2NO3S/c1-2-22-9-13-5-6-23(20,21)16(13)10-19(11-16)8-12-3-4-14(17)15(18)7-12/h3-4,7,13H,2,5-6,8-11H2,1H3. The van der Waals surface area contributed by atoms with Crippen LogP contribution in [-0.2, 0) is 21.1 Å². The highest BCUT2D eigenvalue weighted by atomic mass is 32.2. The van der Waals surface area contributed by atoms with Crippen LogP contribution in [0.15, 0.2) is 18.2 Å². The van der Waals surface area contributed by atoms with Gasteiger partial charge in [0.2, 0.25) is 0 Å². The van der Waals surface area contributed by atoms with Crippen molar-refractivity contribution < 1.29 is 21.9 Å². The van der Waals surface area contributed by atoms with Crippen molar-refractivity contribution in [2.45, 2.75) is 24.6 Å². The molecule has 0 bridgehead atoms. The van der Waals surface area contributed by atoms with Crippen molar-refractivity contribution in [1.82, 2.24) is 4.90 Å². The smallest absolute Gasteiger partial charge is 0.159 e. The fourth-order valence-electron chi connectivity index (χ4n) is 3.69. The first-order valence-corrected chi connectivity index (χ1v) is 9.49. The monoisotopic (exact) mass is 345 g/mol. The topological polar surface area (TPSA) is 46.6 Å². The SMILES string of the molecule is CCOCC1CCS(=O)(=O)C12CN(Cc1ccc(F)c(F)c1)C2. The number of benzene rings is 1. The van der Waals surface area contributed by atoms with Crippen molar-refractivity contribution in [2.75, 3.05) is 32.1 Å². The molecule has 1 atom stereocenters. The van der Waals surface area contributed by atoms with Crippen LogP contribution in [0, 0.1) is 17.6 Å². The van der Waals surface area contributed by atoms with Gasteiger partial charge in [0.05, 0.1) is 12.4 Å². The number of nitrogens with zero attached hydrogens (tertiary/aromatic N) is 1. The average Bonchev–Trinajstić information content (AvgIpc) is 2.72. The van der Waals surface area contributed by atoms with Crippen LogP contribution >= 0.6 is 0 Å². The average molecular weight is 345 g/mol. The van der Waals surface area contributed by atoms with Crippen LogP contribution < -0.4 is 0 Å². The van der Waals surface area contributed by atoms with Gasteiger partial charge in [-0.25, -0.2) is 17.2 Å². The summed E-state index contributed by atoms with van der Waals surface area (Å²) in [5.74, 6) is -1.51. The molecule has 23 heavy (non-hydrogen) atoms. The maximum Gasteiger partial charge on any atom is 0.159 e. The molecule has 0 saturated carbocycles. The van der Waals surface area contributed by atoms with Gasteiger partial charge >= 0.3 is 0 Å². The summed E-state index contributed by atoms with van der Waals surface area (Å²) < 4.78 is 55.8. The Morgan fingerprint density at radius 2 is 2.04 bits per heavy atom. The van der Waals surface area contributed by atoms with Crippen molar-refractivity contribution in [3.05, 3.63) is 35.4 Å². The molecule has 0 N–H and O–H groups in total. The Kier molecular flexibility index (Phi) is 4.46. The second-order valence-electron chi connectivity index (χ2n) is 6.42. The van der Waals surface area contributed by atoms with Gasteiger partial charge in [-0.3, -0.25) is 4.90 Å². The van der Waals surface area contributed by atoms with E-state index in [9.17, 15) is 17.2 Å². The van der Waals surface area contributed by atoms with Crippen LogP contribution in [0.4, 0.5) is 8.78 Å². The van der Waals surface area contributed by atoms with E-state index >= 15 is 0 Å². The predicted octanol–water partition coefficient (Wildman–Crippen LogP) is 1.99. The molecule has 2 aliphatic heterocycles. The number of ether oxygens (including phenoxy) is 1. The molecule has 1 aromatic rings. The van der Waals surface area contributed by atoms with E-state index in [0.717, 1.165) is 6.07 Å². The number of hydrogen-bond donors (Lipinski definition) is 0. The molecule has 4 nitrogen and oxygen atoms in total. The van der Waals surface area contributed by atoms with E-state index < -0.39 is 26.2 Å². The van der Waals surface area contributed by atoms with E-state index in [2.05, 4.69) is 0 Å². The van der Waals surface area contributed by atoms with Crippen molar-refractivity contribution in [3.8, 4) is 0 Å². The highest BCUT2D eigenvalue weighted by Gasteiger charge is 2.61. The van der Waals surface area contributed by atoms with Crippen LogP contribution in [0.5, 0.6) is 0 Å². The lowest BCUT2D eigenvalue weighted by Crippen LogP contribution is -2.67. The van der Waals surface area contributed by atoms with E-state index in [1.54, 1.807) is 0 Å². The Labute approximate surface area is 135 Å². The summed E-state index contributed by atoms with van der Waals surface area (Å²) in [6.45, 7) is 4.24. The zero-order chi connectivity index (χ0) is 16.7. The normalized spacial score (nSPS) is 25.6. The van der Waals surface area contributed by atoms with Crippen molar-refractivity contribution in [3.63, 3.8) is 0 Å². The Morgan fingerprint density at radius 1 is 1.30 bits per heavy atom. The summed E-state index contributed by atoms with van der Waals surface area (Å²) in [5.41, 5.74) is 0.649. The van der Waals surface area contributed by atoms with E-state index in [1.807, 2.05) is 11.8 Å². The summed E-state index contributed by atoms with van der Waals surface area (Å²) in [6, 6.07) is 3.80. The first-order valence-electron chi connectivity index (χ1n) is 7.84. The summed E-state index contributed by atoms with van der Waals surface area (Å²) in [4.78, 5) is 1.97. The molecule has 0 amide bonds. The van der Waals surface area contributed by atoms with Crippen LogP contribution in [0.2, 0.25) is 0 Å². The van der Waals surface area contributed by atoms with Gasteiger partial charge in [0, 0.05) is 32.2 Å². The zero-order valence-electron chi connectivity index (χ0n) is 13.1. The molecular weight excluding hydrogens is 324 g/mol. The molecule has 1 spiro atoms. The summed E-state index contributed by atoms with van der Waals surface area (Å²) in [7, 11) is -3.13. The Morgan fingerprint density at radius 3 is 2.70 bits per heavy atom. The number of likely N-dealkylation sites (tertiary alicyclic amines) is 1. The van der Waals surface area contributed by atoms with E-state index in [0.29, 0.717) is 44.8 Å². The maximum atomic E-state index is 13.3. The van der Waals surface area contributed by atoms with Gasteiger partial charge in [0.25, 0.3) is 0 Å². The summed E-state index contributed by atoms with van der Waals surface area (Å²) >= 11 is 0. The Balaban J connectivity index is 1.68. The predicted molar refractivity (Wildman–Crippen MR) is 82.8 cm³/mol. The molecule has 7 heteroatoms. The van der Waals surface area contributed by atoms with Crippen molar-refractivity contribution in [2.24, 2.45) is 5.92 Å². The van der Waals surface area contributed by atoms with Gasteiger partial charge in [-0.2, -0.15) is 0 Å². The van der Waals surface area contributed by atoms with Crippen molar-refractivity contribution in [1.29, 1.82) is 0 Å². The summed E-state index contributed by atoms with van der Waals surface area (Å²) in [6.07, 6.45) is 0.640. The lowest BCUT2D eigenvalue weighted by molar-refractivity contribution is 0.0291. The minimum atomic E-state index is -3.13. The molecular formula is C16H21F2NO3S. The van der Waals surface area contributed by atoms with Crippen LogP contribution in [0.3, 0.4) is 0 Å². The molecule has 0 aromatic heterocycles. The minimum Gasteiger partial charge on any atom is -0.381 e. The second kappa shape index (κ2) is 6.11. The maximum absolute atomic E-state index is 13.3. The molecule has 3 rings (SSSR count). The van der Waals surface area contributed by atoms with Crippen molar-refractivity contribution >= 4 is 9.84 Å². The molecule has 0 radical (unpaired) electrons. The van der Waals surface area contributed by atoms with Gasteiger partial charge in [-0.05, 0) is 31.0 Å². The third-order valence-electron chi connectivity index (χ3n) is 4.99. The second-order valence-corrected chi connectivity index (χ2v) is 8.87. The van der Waals surface area contributed by atoms with Crippen LogP contribution in [0.1, 0.15) is 18.9 Å². The molecule has 2 saturated heterocycles. The molecule has 2 fully saturated rings. The highest BCUT2D eigenvalue weighted by Crippen LogP contribution is 2.45. The third kappa shape index (κ3) is 2.90. The van der Waals surface area contributed by atoms with Crippen LogP contribution in [-0.4, -0.2) is 50.1 Å². The Bertz CT molecular complexity index is 687. The van der Waals surface area contributed by atoms with Crippen LogP contribution in [0.25, 0.3) is 0 Å². The minimum absolute atomic E-state index is 0.0219. The number of sulfone groups is 1. The van der Waals surface area contributed by atoms with Gasteiger partial charge < -0.3 is 4.74 Å². The molecule has 2 heterocycles. The highest BCUT2D eigenvalue weighted by molar-refractivity contribution is 7.93. The first kappa shape index (κ1) is 16.8. The van der Waals surface area contributed by atoms with Gasteiger partial charge in [-0.15, -0.1) is 0 Å². The Hall–Kier alpha value is -1.05. The van der Waals surface area contributed by atoms with E-state index in [4.69, 9.17) is 4.74 Å². The number of hydrogen-bond acceptors (Lipinski definition) is 4. The van der Waals surface area contributed by atoms with Gasteiger partial charge in [-0.1, -0.05) is 6.07 Å². The third-order valence-corrected chi connectivity index (χ3v) is 7.60.